The largest absolute Gasteiger partial charge is 0.503 e. The summed E-state index contributed by atoms with van der Waals surface area (Å²) in [4.78, 5) is 31.1. The third-order valence-electron chi connectivity index (χ3n) is 4.07. The van der Waals surface area contributed by atoms with Crippen LogP contribution in [0.4, 0.5) is 5.69 Å². The minimum absolute atomic E-state index is 0.0775. The number of carbonyl (C=O) groups excluding carboxylic acids is 2. The fourth-order valence-corrected chi connectivity index (χ4v) is 2.98. The molecule has 1 aliphatic heterocycles. The molecule has 0 bridgehead atoms. The standard InChI is InChI=1S/C19H17ClN2O3/c1-11(2)17(23)15-16(14-5-3-4-10-21-14)22(19(25)18(15)24)13-8-6-12(20)7-9-13/h3-11,16,24H,1-2H3. The molecule has 25 heavy (non-hydrogen) atoms. The van der Waals surface area contributed by atoms with Crippen molar-refractivity contribution in [3.05, 3.63) is 70.7 Å². The monoisotopic (exact) mass is 356 g/mol. The van der Waals surface area contributed by atoms with Gasteiger partial charge in [0.25, 0.3) is 5.91 Å². The van der Waals surface area contributed by atoms with E-state index < -0.39 is 17.7 Å². The van der Waals surface area contributed by atoms with Gasteiger partial charge >= 0.3 is 0 Å². The highest BCUT2D eigenvalue weighted by atomic mass is 35.5. The summed E-state index contributed by atoms with van der Waals surface area (Å²) in [6.07, 6.45) is 1.59. The number of Topliss-reactive ketones (excluding diaryl/α,β-unsaturated/α-hetero) is 1. The molecule has 0 saturated carbocycles. The van der Waals surface area contributed by atoms with Gasteiger partial charge in [-0.1, -0.05) is 31.5 Å². The molecule has 1 unspecified atom stereocenters. The summed E-state index contributed by atoms with van der Waals surface area (Å²) >= 11 is 5.93. The summed E-state index contributed by atoms with van der Waals surface area (Å²) in [6.45, 7) is 3.46. The predicted molar refractivity (Wildman–Crippen MR) is 95.4 cm³/mol. The number of nitrogens with zero attached hydrogens (tertiary/aromatic N) is 2. The lowest BCUT2D eigenvalue weighted by molar-refractivity contribution is -0.119. The number of aliphatic hydroxyl groups excluding tert-OH is 1. The molecule has 1 amide bonds. The molecule has 0 spiro atoms. The summed E-state index contributed by atoms with van der Waals surface area (Å²) in [7, 11) is 0. The van der Waals surface area contributed by atoms with Crippen LogP contribution in [0, 0.1) is 5.92 Å². The average molecular weight is 357 g/mol. The van der Waals surface area contributed by atoms with Crippen LogP contribution in [0.3, 0.4) is 0 Å². The van der Waals surface area contributed by atoms with E-state index in [2.05, 4.69) is 4.98 Å². The second-order valence-corrected chi connectivity index (χ2v) is 6.53. The number of aliphatic hydroxyl groups is 1. The van der Waals surface area contributed by atoms with Crippen molar-refractivity contribution >= 4 is 29.0 Å². The molecule has 1 aliphatic rings. The van der Waals surface area contributed by atoms with E-state index in [4.69, 9.17) is 11.6 Å². The summed E-state index contributed by atoms with van der Waals surface area (Å²) < 4.78 is 0. The van der Waals surface area contributed by atoms with Gasteiger partial charge in [-0.05, 0) is 36.4 Å². The first-order chi connectivity index (χ1) is 11.9. The Labute approximate surface area is 150 Å². The topological polar surface area (TPSA) is 70.5 Å². The third-order valence-corrected chi connectivity index (χ3v) is 4.32. The maximum atomic E-state index is 12.7. The number of carbonyl (C=O) groups is 2. The SMILES string of the molecule is CC(C)C(=O)C1=C(O)C(=O)N(c2ccc(Cl)cc2)C1c1ccccn1. The number of benzene rings is 1. The number of amides is 1. The molecule has 1 atom stereocenters. The van der Waals surface area contributed by atoms with Gasteiger partial charge in [0.1, 0.15) is 6.04 Å². The molecule has 5 nitrogen and oxygen atoms in total. The van der Waals surface area contributed by atoms with E-state index in [0.717, 1.165) is 0 Å². The number of ketones is 1. The zero-order chi connectivity index (χ0) is 18.1. The number of hydrogen-bond donors (Lipinski definition) is 1. The van der Waals surface area contributed by atoms with Crippen molar-refractivity contribution in [2.45, 2.75) is 19.9 Å². The van der Waals surface area contributed by atoms with E-state index in [1.54, 1.807) is 62.5 Å². The maximum Gasteiger partial charge on any atom is 0.294 e. The Morgan fingerprint density at radius 3 is 2.44 bits per heavy atom. The van der Waals surface area contributed by atoms with Gasteiger partial charge in [0.15, 0.2) is 11.5 Å². The first kappa shape index (κ1) is 17.2. The summed E-state index contributed by atoms with van der Waals surface area (Å²) in [5.41, 5.74) is 1.12. The lowest BCUT2D eigenvalue weighted by Gasteiger charge is -2.26. The highest BCUT2D eigenvalue weighted by Crippen LogP contribution is 2.41. The molecule has 0 aliphatic carbocycles. The minimum atomic E-state index is -0.773. The normalized spacial score (nSPS) is 17.5. The molecule has 1 N–H and O–H groups in total. The quantitative estimate of drug-likeness (QED) is 0.903. The summed E-state index contributed by atoms with van der Waals surface area (Å²) in [6, 6.07) is 11.1. The Kier molecular flexibility index (Phi) is 4.59. The minimum Gasteiger partial charge on any atom is -0.503 e. The van der Waals surface area contributed by atoms with Crippen molar-refractivity contribution in [2.75, 3.05) is 4.90 Å². The van der Waals surface area contributed by atoms with Crippen LogP contribution in [-0.4, -0.2) is 21.8 Å². The third kappa shape index (κ3) is 3.03. The van der Waals surface area contributed by atoms with E-state index in [-0.39, 0.29) is 17.3 Å². The van der Waals surface area contributed by atoms with Crippen molar-refractivity contribution in [1.82, 2.24) is 4.98 Å². The van der Waals surface area contributed by atoms with Crippen LogP contribution in [0.5, 0.6) is 0 Å². The Bertz CT molecular complexity index is 845. The second kappa shape index (κ2) is 6.69. The van der Waals surface area contributed by atoms with Crippen LogP contribution >= 0.6 is 11.6 Å². The highest BCUT2D eigenvalue weighted by molar-refractivity contribution is 6.30. The smallest absolute Gasteiger partial charge is 0.294 e. The van der Waals surface area contributed by atoms with Gasteiger partial charge in [-0.3, -0.25) is 19.5 Å². The maximum absolute atomic E-state index is 12.7. The second-order valence-electron chi connectivity index (χ2n) is 6.09. The van der Waals surface area contributed by atoms with Crippen LogP contribution in [0.2, 0.25) is 5.02 Å². The van der Waals surface area contributed by atoms with Crippen molar-refractivity contribution in [1.29, 1.82) is 0 Å². The van der Waals surface area contributed by atoms with Crippen molar-refractivity contribution < 1.29 is 14.7 Å². The van der Waals surface area contributed by atoms with E-state index in [1.807, 2.05) is 0 Å². The fraction of sp³-hybridized carbons (Fsp3) is 0.211. The molecular weight excluding hydrogens is 340 g/mol. The number of hydrogen-bond acceptors (Lipinski definition) is 4. The van der Waals surface area contributed by atoms with E-state index >= 15 is 0 Å². The zero-order valence-corrected chi connectivity index (χ0v) is 14.6. The molecule has 1 aromatic carbocycles. The molecule has 128 valence electrons. The Morgan fingerprint density at radius 2 is 1.88 bits per heavy atom. The van der Waals surface area contributed by atoms with Gasteiger partial charge < -0.3 is 5.11 Å². The molecule has 6 heteroatoms. The number of pyridine rings is 1. The number of aromatic nitrogens is 1. The molecule has 0 radical (unpaired) electrons. The van der Waals surface area contributed by atoms with Gasteiger partial charge in [0.05, 0.1) is 11.3 Å². The molecule has 2 aromatic rings. The first-order valence-corrected chi connectivity index (χ1v) is 8.27. The fourth-order valence-electron chi connectivity index (χ4n) is 2.85. The van der Waals surface area contributed by atoms with Crippen LogP contribution in [0.25, 0.3) is 0 Å². The molecule has 2 heterocycles. The van der Waals surface area contributed by atoms with Crippen LogP contribution in [0.15, 0.2) is 60.0 Å². The van der Waals surface area contributed by atoms with Crippen molar-refractivity contribution in [3.63, 3.8) is 0 Å². The van der Waals surface area contributed by atoms with E-state index in [9.17, 15) is 14.7 Å². The van der Waals surface area contributed by atoms with Gasteiger partial charge in [0.2, 0.25) is 0 Å². The molecule has 1 aromatic heterocycles. The summed E-state index contributed by atoms with van der Waals surface area (Å²) in [5, 5.41) is 10.9. The lowest BCUT2D eigenvalue weighted by atomic mass is 9.93. The van der Waals surface area contributed by atoms with Gasteiger partial charge in [-0.15, -0.1) is 0 Å². The van der Waals surface area contributed by atoms with Gasteiger partial charge in [0, 0.05) is 22.8 Å². The zero-order valence-electron chi connectivity index (χ0n) is 13.8. The molecule has 0 fully saturated rings. The van der Waals surface area contributed by atoms with E-state index in [0.29, 0.717) is 16.4 Å². The van der Waals surface area contributed by atoms with Gasteiger partial charge in [-0.25, -0.2) is 0 Å². The molecule has 0 saturated heterocycles. The number of rotatable bonds is 4. The van der Waals surface area contributed by atoms with Crippen molar-refractivity contribution in [2.24, 2.45) is 5.92 Å². The molecular formula is C19H17ClN2O3. The lowest BCUT2D eigenvalue weighted by Crippen LogP contribution is -2.31. The van der Waals surface area contributed by atoms with E-state index in [1.165, 1.54) is 4.90 Å². The highest BCUT2D eigenvalue weighted by Gasteiger charge is 2.45. The first-order valence-electron chi connectivity index (χ1n) is 7.89. The van der Waals surface area contributed by atoms with Crippen LogP contribution in [-0.2, 0) is 9.59 Å². The predicted octanol–water partition coefficient (Wildman–Crippen LogP) is 3.86. The Hall–Kier alpha value is -2.66. The van der Waals surface area contributed by atoms with Crippen LogP contribution in [0.1, 0.15) is 25.6 Å². The number of anilines is 1. The van der Waals surface area contributed by atoms with Gasteiger partial charge in [-0.2, -0.15) is 0 Å². The van der Waals surface area contributed by atoms with Crippen LogP contribution < -0.4 is 4.90 Å². The average Bonchev–Trinajstić information content (AvgIpc) is 2.87. The van der Waals surface area contributed by atoms with Crippen molar-refractivity contribution in [3.8, 4) is 0 Å². The summed E-state index contributed by atoms with van der Waals surface area (Å²) in [5.74, 6) is -1.79. The molecule has 3 rings (SSSR count). The Morgan fingerprint density at radius 1 is 1.20 bits per heavy atom. The number of halogens is 1. The Balaban J connectivity index is 2.17.